The molecule has 6 nitrogen and oxygen atoms in total. The summed E-state index contributed by atoms with van der Waals surface area (Å²) in [5.74, 6) is 2.70. The predicted octanol–water partition coefficient (Wildman–Crippen LogP) is 3.41. The third-order valence-electron chi connectivity index (χ3n) is 4.60. The Morgan fingerprint density at radius 1 is 1.14 bits per heavy atom. The first-order chi connectivity index (χ1) is 13.3. The van der Waals surface area contributed by atoms with Crippen LogP contribution in [0.15, 0.2) is 52.1 Å². The molecule has 1 saturated heterocycles. The van der Waals surface area contributed by atoms with E-state index < -0.39 is 0 Å². The molecule has 0 spiro atoms. The van der Waals surface area contributed by atoms with Gasteiger partial charge in [-0.15, -0.1) is 24.0 Å². The molecule has 1 atom stereocenters. The van der Waals surface area contributed by atoms with Crippen molar-refractivity contribution in [2.75, 3.05) is 33.4 Å². The second kappa shape index (κ2) is 12.7. The Kier molecular flexibility index (Phi) is 10.2. The molecule has 154 valence electrons. The topological polar surface area (TPSA) is 68.0 Å². The summed E-state index contributed by atoms with van der Waals surface area (Å²) in [7, 11) is 1.71. The lowest BCUT2D eigenvalue weighted by Crippen LogP contribution is -2.40. The maximum Gasteiger partial charge on any atom is 0.191 e. The number of methoxy groups -OCH3 is 1. The van der Waals surface area contributed by atoms with Crippen molar-refractivity contribution in [2.24, 2.45) is 4.99 Å². The van der Waals surface area contributed by atoms with Gasteiger partial charge in [-0.05, 0) is 43.0 Å². The van der Waals surface area contributed by atoms with Gasteiger partial charge >= 0.3 is 0 Å². The van der Waals surface area contributed by atoms with Crippen LogP contribution in [0.1, 0.15) is 24.2 Å². The summed E-state index contributed by atoms with van der Waals surface area (Å²) in [4.78, 5) is 4.71. The van der Waals surface area contributed by atoms with E-state index in [1.807, 2.05) is 30.3 Å². The molecule has 0 bridgehead atoms. The first-order valence-corrected chi connectivity index (χ1v) is 9.63. The molecule has 0 aliphatic carbocycles. The van der Waals surface area contributed by atoms with Crippen LogP contribution in [0.5, 0.6) is 5.75 Å². The van der Waals surface area contributed by atoms with Gasteiger partial charge in [0.15, 0.2) is 5.96 Å². The Bertz CT molecular complexity index is 701. The van der Waals surface area contributed by atoms with Crippen molar-refractivity contribution in [3.05, 3.63) is 54.0 Å². The highest BCUT2D eigenvalue weighted by Crippen LogP contribution is 2.17. The van der Waals surface area contributed by atoms with E-state index in [9.17, 15) is 0 Å². The number of aliphatic imine (C=N–C) groups is 1. The molecule has 1 aromatic carbocycles. The second-order valence-electron chi connectivity index (χ2n) is 6.57. The number of para-hydroxylation sites is 1. The van der Waals surface area contributed by atoms with Gasteiger partial charge in [0.05, 0.1) is 26.0 Å². The van der Waals surface area contributed by atoms with Gasteiger partial charge in [-0.1, -0.05) is 18.2 Å². The number of nitrogens with one attached hydrogen (secondary N) is 2. The predicted molar refractivity (Wildman–Crippen MR) is 122 cm³/mol. The van der Waals surface area contributed by atoms with Crippen LogP contribution in [0.2, 0.25) is 0 Å². The van der Waals surface area contributed by atoms with Crippen LogP contribution >= 0.6 is 24.0 Å². The summed E-state index contributed by atoms with van der Waals surface area (Å²) >= 11 is 0. The smallest absolute Gasteiger partial charge is 0.191 e. The summed E-state index contributed by atoms with van der Waals surface area (Å²) in [5.41, 5.74) is 1.18. The minimum atomic E-state index is 0. The van der Waals surface area contributed by atoms with E-state index in [4.69, 9.17) is 18.9 Å². The van der Waals surface area contributed by atoms with E-state index in [1.54, 1.807) is 13.4 Å². The van der Waals surface area contributed by atoms with Crippen LogP contribution in [0.3, 0.4) is 0 Å². The van der Waals surface area contributed by atoms with E-state index in [2.05, 4.69) is 16.7 Å². The molecule has 1 aliphatic heterocycles. The minimum Gasteiger partial charge on any atom is -0.496 e. The number of halogens is 1. The first kappa shape index (κ1) is 22.5. The molecule has 1 fully saturated rings. The molecule has 0 radical (unpaired) electrons. The number of hydrogen-bond donors (Lipinski definition) is 2. The molecule has 28 heavy (non-hydrogen) atoms. The molecule has 1 unspecified atom stereocenters. The fraction of sp³-hybridized carbons (Fsp3) is 0.476. The van der Waals surface area contributed by atoms with Gasteiger partial charge in [-0.3, -0.25) is 4.99 Å². The highest BCUT2D eigenvalue weighted by Gasteiger charge is 2.15. The molecule has 1 aromatic heterocycles. The molecule has 2 aromatic rings. The van der Waals surface area contributed by atoms with Crippen molar-refractivity contribution in [3.63, 3.8) is 0 Å². The van der Waals surface area contributed by atoms with Crippen molar-refractivity contribution in [2.45, 2.75) is 31.8 Å². The quantitative estimate of drug-likeness (QED) is 0.315. The van der Waals surface area contributed by atoms with Crippen molar-refractivity contribution in [1.29, 1.82) is 0 Å². The summed E-state index contributed by atoms with van der Waals surface area (Å²) in [6.07, 6.45) is 5.84. The van der Waals surface area contributed by atoms with Crippen molar-refractivity contribution < 1.29 is 13.9 Å². The van der Waals surface area contributed by atoms with Gasteiger partial charge in [-0.25, -0.2) is 0 Å². The highest BCUT2D eigenvalue weighted by molar-refractivity contribution is 14.0. The zero-order valence-corrected chi connectivity index (χ0v) is 18.7. The molecular formula is C21H30IN3O3. The van der Waals surface area contributed by atoms with Gasteiger partial charge in [0.1, 0.15) is 11.5 Å². The average molecular weight is 499 g/mol. The van der Waals surface area contributed by atoms with E-state index in [0.717, 1.165) is 62.8 Å². The van der Waals surface area contributed by atoms with E-state index >= 15 is 0 Å². The fourth-order valence-electron chi connectivity index (χ4n) is 3.14. The molecule has 7 heteroatoms. The summed E-state index contributed by atoms with van der Waals surface area (Å²) < 4.78 is 16.5. The lowest BCUT2D eigenvalue weighted by molar-refractivity contribution is 0.117. The average Bonchev–Trinajstić information content (AvgIpc) is 3.40. The maximum absolute atomic E-state index is 5.68. The summed E-state index contributed by atoms with van der Waals surface area (Å²) in [5, 5.41) is 6.81. The zero-order chi connectivity index (χ0) is 18.7. The number of furan rings is 1. The molecule has 2 heterocycles. The monoisotopic (exact) mass is 499 g/mol. The first-order valence-electron chi connectivity index (χ1n) is 9.63. The molecule has 2 N–H and O–H groups in total. The molecule has 0 amide bonds. The maximum atomic E-state index is 5.68. The van der Waals surface area contributed by atoms with Crippen LogP contribution in [-0.4, -0.2) is 45.4 Å². The van der Waals surface area contributed by atoms with E-state index in [-0.39, 0.29) is 30.1 Å². The van der Waals surface area contributed by atoms with Gasteiger partial charge in [0.25, 0.3) is 0 Å². The van der Waals surface area contributed by atoms with Gasteiger partial charge in [0, 0.05) is 26.1 Å². The largest absolute Gasteiger partial charge is 0.496 e. The van der Waals surface area contributed by atoms with Gasteiger partial charge in [0.2, 0.25) is 0 Å². The number of ether oxygens (including phenoxy) is 2. The third-order valence-corrected chi connectivity index (χ3v) is 4.60. The SMILES string of the molecule is COc1ccccc1CCNC(=NCC1CCCO1)NCCc1ccco1.I. The van der Waals surface area contributed by atoms with Crippen LogP contribution in [0.25, 0.3) is 0 Å². The Labute approximate surface area is 184 Å². The zero-order valence-electron chi connectivity index (χ0n) is 16.4. The molecule has 3 rings (SSSR count). The van der Waals surface area contributed by atoms with Crippen LogP contribution < -0.4 is 15.4 Å². The number of guanidine groups is 1. The Hall–Kier alpha value is -1.74. The lowest BCUT2D eigenvalue weighted by Gasteiger charge is -2.14. The highest BCUT2D eigenvalue weighted by atomic mass is 127. The summed E-state index contributed by atoms with van der Waals surface area (Å²) in [6, 6.07) is 12.0. The Morgan fingerprint density at radius 2 is 1.96 bits per heavy atom. The summed E-state index contributed by atoms with van der Waals surface area (Å²) in [6.45, 7) is 3.07. The molecular weight excluding hydrogens is 469 g/mol. The van der Waals surface area contributed by atoms with Crippen LogP contribution in [0.4, 0.5) is 0 Å². The minimum absolute atomic E-state index is 0. The van der Waals surface area contributed by atoms with Crippen LogP contribution in [0, 0.1) is 0 Å². The number of nitrogens with zero attached hydrogens (tertiary/aromatic N) is 1. The fourth-order valence-corrected chi connectivity index (χ4v) is 3.14. The van der Waals surface area contributed by atoms with Gasteiger partial charge < -0.3 is 24.5 Å². The van der Waals surface area contributed by atoms with Crippen molar-refractivity contribution in [3.8, 4) is 5.75 Å². The lowest BCUT2D eigenvalue weighted by atomic mass is 10.1. The second-order valence-corrected chi connectivity index (χ2v) is 6.57. The number of hydrogen-bond acceptors (Lipinski definition) is 4. The third kappa shape index (κ3) is 7.35. The standard InChI is InChI=1S/C21H29N3O3.HI/c1-25-20-9-3-2-6-17(20)10-12-22-21(24-16-19-8-5-15-27-19)23-13-11-18-7-4-14-26-18;/h2-4,6-7,9,14,19H,5,8,10-13,15-16H2,1H3,(H2,22,23,24);1H. The molecule has 0 saturated carbocycles. The van der Waals surface area contributed by atoms with Crippen molar-refractivity contribution in [1.82, 2.24) is 10.6 Å². The van der Waals surface area contributed by atoms with E-state index in [0.29, 0.717) is 6.54 Å². The van der Waals surface area contributed by atoms with Crippen molar-refractivity contribution >= 4 is 29.9 Å². The normalized spacial score (nSPS) is 16.5. The van der Waals surface area contributed by atoms with Gasteiger partial charge in [-0.2, -0.15) is 0 Å². The molecule has 1 aliphatic rings. The van der Waals surface area contributed by atoms with E-state index in [1.165, 1.54) is 5.56 Å². The number of rotatable bonds is 9. The number of benzene rings is 1. The van der Waals surface area contributed by atoms with Crippen LogP contribution in [-0.2, 0) is 17.6 Å². The Balaban J connectivity index is 0.00000280. The Morgan fingerprint density at radius 3 is 2.68 bits per heavy atom.